The van der Waals surface area contributed by atoms with Crippen LogP contribution in [0.5, 0.6) is 5.75 Å². The van der Waals surface area contributed by atoms with E-state index >= 15 is 0 Å². The molecular formula is C21H17NO3S. The molecule has 0 aliphatic rings. The molecular weight excluding hydrogens is 346 g/mol. The highest BCUT2D eigenvalue weighted by molar-refractivity contribution is 7.17. The maximum Gasteiger partial charge on any atom is 0.226 e. The number of fused-ring (bicyclic) bond motifs is 1. The molecule has 26 heavy (non-hydrogen) atoms. The average Bonchev–Trinajstić information content (AvgIpc) is 3.44. The van der Waals surface area contributed by atoms with Crippen LogP contribution < -0.4 is 4.74 Å². The van der Waals surface area contributed by atoms with E-state index in [1.165, 1.54) is 11.3 Å². The van der Waals surface area contributed by atoms with Crippen molar-refractivity contribution in [2.24, 2.45) is 0 Å². The largest absolute Gasteiger partial charge is 0.493 e. The topological polar surface area (TPSA) is 52.3 Å². The van der Waals surface area contributed by atoms with E-state index in [0.29, 0.717) is 11.3 Å². The zero-order valence-corrected chi connectivity index (χ0v) is 14.2. The van der Waals surface area contributed by atoms with Gasteiger partial charge in [0, 0.05) is 31.7 Å². The average molecular weight is 371 g/mol. The van der Waals surface area contributed by atoms with E-state index in [-0.39, 0.29) is 30.2 Å². The van der Waals surface area contributed by atoms with Crippen molar-refractivity contribution in [1.29, 1.82) is 0 Å². The minimum atomic E-state index is -2.68. The monoisotopic (exact) mass is 371 g/mol. The summed E-state index contributed by atoms with van der Waals surface area (Å²) in [6, 6.07) is 2.32. The van der Waals surface area contributed by atoms with Gasteiger partial charge in [0.1, 0.15) is 11.5 Å². The molecule has 0 unspecified atom stereocenters. The Morgan fingerprint density at radius 2 is 2.19 bits per heavy atom. The predicted octanol–water partition coefficient (Wildman–Crippen LogP) is 5.30. The number of oxazole rings is 1. The van der Waals surface area contributed by atoms with Crippen LogP contribution in [-0.4, -0.2) is 17.9 Å². The number of aryl methyl sites for hydroxylation is 1. The van der Waals surface area contributed by atoms with Crippen molar-refractivity contribution >= 4 is 27.7 Å². The van der Waals surface area contributed by atoms with E-state index in [0.717, 1.165) is 16.4 Å². The molecule has 0 bridgehead atoms. The van der Waals surface area contributed by atoms with E-state index in [1.807, 2.05) is 11.4 Å². The molecule has 0 N–H and O–H groups in total. The van der Waals surface area contributed by atoms with Gasteiger partial charge in [-0.15, -0.1) is 11.3 Å². The molecule has 0 aliphatic carbocycles. The molecule has 2 heterocycles. The lowest BCUT2D eigenvalue weighted by atomic mass is 10.1. The fourth-order valence-electron chi connectivity index (χ4n) is 2.52. The lowest BCUT2D eigenvalue weighted by Crippen LogP contribution is -2.03. The summed E-state index contributed by atoms with van der Waals surface area (Å²) in [7, 11) is 0. The van der Waals surface area contributed by atoms with E-state index in [1.54, 1.807) is 12.1 Å². The van der Waals surface area contributed by atoms with Crippen molar-refractivity contribution in [2.75, 3.05) is 6.61 Å². The van der Waals surface area contributed by atoms with E-state index in [4.69, 9.17) is 20.1 Å². The fraction of sp³-hybridized carbons (Fsp3) is 0.143. The van der Waals surface area contributed by atoms with Crippen LogP contribution in [0.1, 0.15) is 32.8 Å². The van der Waals surface area contributed by atoms with Gasteiger partial charge in [0.2, 0.25) is 5.89 Å². The molecule has 2 aromatic heterocycles. The smallest absolute Gasteiger partial charge is 0.226 e. The summed E-state index contributed by atoms with van der Waals surface area (Å²) in [5, 5.41) is 2.59. The van der Waals surface area contributed by atoms with Crippen molar-refractivity contribution in [3.63, 3.8) is 0 Å². The number of carbonyl (C=O) groups excluding carboxylic acids is 1. The quantitative estimate of drug-likeness (QED) is 0.432. The molecule has 0 fully saturated rings. The zero-order valence-electron chi connectivity index (χ0n) is 21.4. The summed E-state index contributed by atoms with van der Waals surface area (Å²) in [5.41, 5.74) is 0.266. The molecule has 4 rings (SSSR count). The third-order valence-electron chi connectivity index (χ3n) is 3.74. The van der Waals surface area contributed by atoms with Crippen molar-refractivity contribution in [3.8, 4) is 17.2 Å². The second-order valence-electron chi connectivity index (χ2n) is 5.33. The van der Waals surface area contributed by atoms with Gasteiger partial charge in [0.05, 0.1) is 19.2 Å². The molecule has 0 spiro atoms. The number of carbonyl (C=O) groups is 1. The maximum atomic E-state index is 11.2. The summed E-state index contributed by atoms with van der Waals surface area (Å²) in [6.07, 6.45) is 0.790. The first-order chi connectivity index (χ1) is 16.0. The van der Waals surface area contributed by atoms with Crippen LogP contribution in [-0.2, 0) is 6.42 Å². The number of rotatable bonds is 6. The summed E-state index contributed by atoms with van der Waals surface area (Å²) >= 11 is 1.40. The van der Waals surface area contributed by atoms with Gasteiger partial charge < -0.3 is 9.15 Å². The SMILES string of the molecule is [2H]c1c([2H])c([2H])c(-c2nc(CCOc3ccc(C=O)c4sccc34)c(C([2H])([2H])[2H])o2)c([2H])c1[2H]. The predicted molar refractivity (Wildman–Crippen MR) is 103 cm³/mol. The second kappa shape index (κ2) is 7.14. The summed E-state index contributed by atoms with van der Waals surface area (Å²) in [6.45, 7) is -2.65. The van der Waals surface area contributed by atoms with E-state index < -0.39 is 42.8 Å². The molecule has 4 nitrogen and oxygen atoms in total. The zero-order chi connectivity index (χ0) is 24.8. The lowest BCUT2D eigenvalue weighted by Gasteiger charge is -2.07. The van der Waals surface area contributed by atoms with Gasteiger partial charge in [-0.1, -0.05) is 18.1 Å². The highest BCUT2D eigenvalue weighted by Gasteiger charge is 2.12. The number of thiophene rings is 1. The van der Waals surface area contributed by atoms with Crippen LogP contribution in [0.15, 0.2) is 58.2 Å². The normalized spacial score (nSPS) is 15.8. The molecule has 0 radical (unpaired) electrons. The number of hydrogen-bond acceptors (Lipinski definition) is 5. The molecule has 2 aromatic carbocycles. The van der Waals surface area contributed by atoms with Crippen LogP contribution in [0.3, 0.4) is 0 Å². The number of hydrogen-bond donors (Lipinski definition) is 0. The Kier molecular flexibility index (Phi) is 2.66. The van der Waals surface area contributed by atoms with Crippen LogP contribution in [0.25, 0.3) is 21.5 Å². The Morgan fingerprint density at radius 1 is 1.31 bits per heavy atom. The number of aromatic nitrogens is 1. The Morgan fingerprint density at radius 3 is 3.00 bits per heavy atom. The van der Waals surface area contributed by atoms with Gasteiger partial charge >= 0.3 is 0 Å². The van der Waals surface area contributed by atoms with Gasteiger partial charge in [-0.2, -0.15) is 0 Å². The van der Waals surface area contributed by atoms with Crippen molar-refractivity contribution in [1.82, 2.24) is 4.98 Å². The molecule has 0 atom stereocenters. The maximum absolute atomic E-state index is 11.2. The molecule has 130 valence electrons. The summed E-state index contributed by atoms with van der Waals surface area (Å²) < 4.78 is 74.9. The molecule has 5 heteroatoms. The minimum absolute atomic E-state index is 0.0247. The lowest BCUT2D eigenvalue weighted by molar-refractivity contribution is 0.112. The summed E-state index contributed by atoms with van der Waals surface area (Å²) in [5.74, 6) is -0.282. The van der Waals surface area contributed by atoms with Gasteiger partial charge in [-0.25, -0.2) is 4.98 Å². The van der Waals surface area contributed by atoms with Crippen molar-refractivity contribution in [2.45, 2.75) is 13.3 Å². The third kappa shape index (κ3) is 3.13. The van der Waals surface area contributed by atoms with Gasteiger partial charge in [-0.05, 0) is 42.5 Å². The van der Waals surface area contributed by atoms with Crippen LogP contribution in [0, 0.1) is 6.85 Å². The third-order valence-corrected chi connectivity index (χ3v) is 4.71. The van der Waals surface area contributed by atoms with Gasteiger partial charge in [-0.3, -0.25) is 4.79 Å². The fourth-order valence-corrected chi connectivity index (χ4v) is 3.41. The minimum Gasteiger partial charge on any atom is -0.493 e. The first-order valence-corrected chi connectivity index (χ1v) is 8.58. The highest BCUT2D eigenvalue weighted by Crippen LogP contribution is 2.32. The molecule has 4 aromatic rings. The Hall–Kier alpha value is -2.92. The standard InChI is InChI=1S/C21H17NO3S/c1-14-18(22-21(25-14)15-5-3-2-4-6-15)9-11-24-19-8-7-16(13-23)20-17(19)10-12-26-20/h2-8,10,12-13H,9,11H2,1H3/i1D3,2D,3D,4D,5D,6D. The number of benzene rings is 2. The molecule has 0 aliphatic heterocycles. The van der Waals surface area contributed by atoms with Crippen LogP contribution in [0.4, 0.5) is 0 Å². The van der Waals surface area contributed by atoms with E-state index in [2.05, 4.69) is 4.98 Å². The number of nitrogens with zero attached hydrogens (tertiary/aromatic N) is 1. The van der Waals surface area contributed by atoms with Gasteiger partial charge in [0.15, 0.2) is 6.29 Å². The van der Waals surface area contributed by atoms with Crippen molar-refractivity contribution < 1.29 is 24.9 Å². The van der Waals surface area contributed by atoms with E-state index in [9.17, 15) is 4.79 Å². The van der Waals surface area contributed by atoms with Crippen LogP contribution >= 0.6 is 11.3 Å². The van der Waals surface area contributed by atoms with Gasteiger partial charge in [0.25, 0.3) is 0 Å². The Bertz CT molecular complexity index is 1380. The number of ether oxygens (including phenoxy) is 1. The molecule has 0 saturated heterocycles. The second-order valence-corrected chi connectivity index (χ2v) is 6.24. The first-order valence-electron chi connectivity index (χ1n) is 11.7. The van der Waals surface area contributed by atoms with Crippen molar-refractivity contribution in [3.05, 3.63) is 70.8 Å². The molecule has 0 amide bonds. The summed E-state index contributed by atoms with van der Waals surface area (Å²) in [4.78, 5) is 15.4. The van der Waals surface area contributed by atoms with Crippen LogP contribution in [0.2, 0.25) is 0 Å². The highest BCUT2D eigenvalue weighted by atomic mass is 32.1. The number of aldehydes is 1. The molecule has 0 saturated carbocycles. The Balaban J connectivity index is 1.67. The Labute approximate surface area is 166 Å². The first kappa shape index (κ1) is 9.69.